The van der Waals surface area contributed by atoms with Crippen molar-refractivity contribution >= 4 is 5.91 Å². The summed E-state index contributed by atoms with van der Waals surface area (Å²) >= 11 is 0. The highest BCUT2D eigenvalue weighted by Gasteiger charge is 2.26. The van der Waals surface area contributed by atoms with Crippen molar-refractivity contribution in [3.05, 3.63) is 35.4 Å². The van der Waals surface area contributed by atoms with E-state index in [1.54, 1.807) is 18.2 Å². The maximum Gasteiger partial charge on any atom is 0.252 e. The lowest BCUT2D eigenvalue weighted by Crippen LogP contribution is -2.39. The van der Waals surface area contributed by atoms with Gasteiger partial charge in [0.1, 0.15) is 6.61 Å². The van der Waals surface area contributed by atoms with E-state index in [2.05, 4.69) is 17.2 Å². The zero-order valence-corrected chi connectivity index (χ0v) is 10.8. The average molecular weight is 259 g/mol. The Balaban J connectivity index is 2.14. The molecule has 1 fully saturated rings. The first-order valence-electron chi connectivity index (χ1n) is 6.33. The minimum absolute atomic E-state index is 0.0413. The van der Waals surface area contributed by atoms with Crippen LogP contribution in [0.2, 0.25) is 0 Å². The number of amides is 1. The molecule has 4 heteroatoms. The molecule has 2 unspecified atom stereocenters. The Kier molecular flexibility index (Phi) is 4.56. The summed E-state index contributed by atoms with van der Waals surface area (Å²) in [4.78, 5) is 12.2. The van der Waals surface area contributed by atoms with E-state index in [9.17, 15) is 4.79 Å². The van der Waals surface area contributed by atoms with Crippen LogP contribution in [0.5, 0.6) is 0 Å². The van der Waals surface area contributed by atoms with Crippen LogP contribution >= 0.6 is 0 Å². The summed E-state index contributed by atoms with van der Waals surface area (Å²) in [7, 11) is 0. The van der Waals surface area contributed by atoms with Crippen molar-refractivity contribution in [1.82, 2.24) is 5.32 Å². The minimum atomic E-state index is -0.219. The molecular weight excluding hydrogens is 242 g/mol. The van der Waals surface area contributed by atoms with E-state index >= 15 is 0 Å². The van der Waals surface area contributed by atoms with Crippen LogP contribution < -0.4 is 5.32 Å². The molecule has 0 spiro atoms. The number of aliphatic hydroxyl groups is 1. The number of carbonyl (C=O) groups is 1. The maximum atomic E-state index is 12.2. The number of carbonyl (C=O) groups excluding carboxylic acids is 1. The smallest absolute Gasteiger partial charge is 0.252 e. The lowest BCUT2D eigenvalue weighted by Gasteiger charge is -2.16. The fourth-order valence-corrected chi connectivity index (χ4v) is 2.09. The lowest BCUT2D eigenvalue weighted by atomic mass is 10.1. The number of ether oxygens (including phenoxy) is 1. The summed E-state index contributed by atoms with van der Waals surface area (Å²) in [6.45, 7) is 2.41. The molecule has 1 amide bonds. The molecule has 0 aromatic heterocycles. The molecule has 2 atom stereocenters. The fourth-order valence-electron chi connectivity index (χ4n) is 2.09. The first-order valence-corrected chi connectivity index (χ1v) is 6.33. The molecule has 1 aromatic rings. The van der Waals surface area contributed by atoms with Gasteiger partial charge in [-0.15, -0.1) is 0 Å². The highest BCUT2D eigenvalue weighted by atomic mass is 16.5. The second kappa shape index (κ2) is 6.37. The number of hydrogen-bond acceptors (Lipinski definition) is 3. The number of hydrogen-bond donors (Lipinski definition) is 2. The van der Waals surface area contributed by atoms with Gasteiger partial charge >= 0.3 is 0 Å². The second-order valence-electron chi connectivity index (χ2n) is 4.45. The summed E-state index contributed by atoms with van der Waals surface area (Å²) in [5.74, 6) is 5.20. The van der Waals surface area contributed by atoms with Gasteiger partial charge in [0.25, 0.3) is 5.91 Å². The Hall–Kier alpha value is -1.83. The fraction of sp³-hybridized carbons (Fsp3) is 0.400. The highest BCUT2D eigenvalue weighted by Crippen LogP contribution is 2.14. The maximum absolute atomic E-state index is 12.2. The lowest BCUT2D eigenvalue weighted by molar-refractivity contribution is 0.0866. The largest absolute Gasteiger partial charge is 0.384 e. The summed E-state index contributed by atoms with van der Waals surface area (Å²) < 4.78 is 5.42. The summed E-state index contributed by atoms with van der Waals surface area (Å²) in [5, 5.41) is 11.7. The van der Waals surface area contributed by atoms with Crippen molar-refractivity contribution in [2.24, 2.45) is 0 Å². The van der Waals surface area contributed by atoms with Crippen LogP contribution in [0.4, 0.5) is 0 Å². The van der Waals surface area contributed by atoms with Crippen LogP contribution in [-0.2, 0) is 4.74 Å². The Morgan fingerprint density at radius 1 is 1.53 bits per heavy atom. The normalized spacial score (nSPS) is 21.6. The molecule has 1 aliphatic heterocycles. The van der Waals surface area contributed by atoms with Crippen molar-refractivity contribution in [3.8, 4) is 11.8 Å². The Bertz CT molecular complexity index is 516. The quantitative estimate of drug-likeness (QED) is 0.777. The zero-order chi connectivity index (χ0) is 13.7. The van der Waals surface area contributed by atoms with Crippen LogP contribution in [-0.4, -0.2) is 36.4 Å². The molecule has 19 heavy (non-hydrogen) atoms. The number of nitrogens with one attached hydrogen (secondary N) is 1. The molecule has 1 saturated heterocycles. The number of benzene rings is 1. The molecule has 2 N–H and O–H groups in total. The van der Waals surface area contributed by atoms with Crippen molar-refractivity contribution in [1.29, 1.82) is 0 Å². The standard InChI is InChI=1S/C15H17NO3/c1-11-14(8-10-19-11)16-15(18)13-7-3-2-5-12(13)6-4-9-17/h2-3,5,7,11,14,17H,8-10H2,1H3,(H,16,18). The molecule has 100 valence electrons. The van der Waals surface area contributed by atoms with E-state index in [-0.39, 0.29) is 24.7 Å². The molecule has 0 saturated carbocycles. The van der Waals surface area contributed by atoms with Crippen LogP contribution in [0.3, 0.4) is 0 Å². The van der Waals surface area contributed by atoms with Crippen molar-refractivity contribution in [2.75, 3.05) is 13.2 Å². The molecule has 1 aliphatic rings. The Labute approximate surface area is 112 Å². The molecule has 4 nitrogen and oxygen atoms in total. The first kappa shape index (κ1) is 13.6. The molecule has 0 aliphatic carbocycles. The molecule has 2 rings (SSSR count). The Morgan fingerprint density at radius 3 is 3.00 bits per heavy atom. The SMILES string of the molecule is CC1OCCC1NC(=O)c1ccccc1C#CCO. The summed E-state index contributed by atoms with van der Waals surface area (Å²) in [6.07, 6.45) is 0.872. The molecule has 1 aromatic carbocycles. The highest BCUT2D eigenvalue weighted by molar-refractivity contribution is 5.96. The van der Waals surface area contributed by atoms with Crippen LogP contribution in [0.15, 0.2) is 24.3 Å². The van der Waals surface area contributed by atoms with Gasteiger partial charge in [0.05, 0.1) is 17.7 Å². The first-order chi connectivity index (χ1) is 9.22. The monoisotopic (exact) mass is 259 g/mol. The van der Waals surface area contributed by atoms with E-state index in [0.29, 0.717) is 17.7 Å². The molecule has 0 bridgehead atoms. The van der Waals surface area contributed by atoms with E-state index in [1.807, 2.05) is 13.0 Å². The van der Waals surface area contributed by atoms with Crippen molar-refractivity contribution in [2.45, 2.75) is 25.5 Å². The van der Waals surface area contributed by atoms with Gasteiger partial charge in [0.15, 0.2) is 0 Å². The van der Waals surface area contributed by atoms with E-state index in [4.69, 9.17) is 9.84 Å². The summed E-state index contributed by atoms with van der Waals surface area (Å²) in [6, 6.07) is 7.17. The third-order valence-electron chi connectivity index (χ3n) is 3.17. The number of rotatable bonds is 2. The van der Waals surface area contributed by atoms with Gasteiger partial charge in [-0.05, 0) is 25.5 Å². The molecule has 0 radical (unpaired) electrons. The zero-order valence-electron chi connectivity index (χ0n) is 10.8. The van der Waals surface area contributed by atoms with Crippen molar-refractivity contribution < 1.29 is 14.6 Å². The molecule has 1 heterocycles. The third kappa shape index (κ3) is 3.34. The third-order valence-corrected chi connectivity index (χ3v) is 3.17. The van der Waals surface area contributed by atoms with E-state index in [1.165, 1.54) is 0 Å². The van der Waals surface area contributed by atoms with Gasteiger partial charge < -0.3 is 15.2 Å². The topological polar surface area (TPSA) is 58.6 Å². The van der Waals surface area contributed by atoms with E-state index in [0.717, 1.165) is 6.42 Å². The Morgan fingerprint density at radius 2 is 2.32 bits per heavy atom. The number of aliphatic hydroxyl groups excluding tert-OH is 1. The van der Waals surface area contributed by atoms with Crippen LogP contribution in [0.1, 0.15) is 29.3 Å². The predicted octanol–water partition coefficient (Wildman–Crippen LogP) is 0.938. The van der Waals surface area contributed by atoms with Crippen molar-refractivity contribution in [3.63, 3.8) is 0 Å². The van der Waals surface area contributed by atoms with Gasteiger partial charge in [-0.3, -0.25) is 4.79 Å². The van der Waals surface area contributed by atoms with Crippen LogP contribution in [0, 0.1) is 11.8 Å². The van der Waals surface area contributed by atoms with Gasteiger partial charge in [0, 0.05) is 12.2 Å². The van der Waals surface area contributed by atoms with Gasteiger partial charge in [-0.2, -0.15) is 0 Å². The van der Waals surface area contributed by atoms with Crippen LogP contribution in [0.25, 0.3) is 0 Å². The second-order valence-corrected chi connectivity index (χ2v) is 4.45. The van der Waals surface area contributed by atoms with Gasteiger partial charge in [-0.25, -0.2) is 0 Å². The summed E-state index contributed by atoms with van der Waals surface area (Å²) in [5.41, 5.74) is 1.16. The predicted molar refractivity (Wildman–Crippen MR) is 71.7 cm³/mol. The van der Waals surface area contributed by atoms with Gasteiger partial charge in [-0.1, -0.05) is 24.0 Å². The molecular formula is C15H17NO3. The van der Waals surface area contributed by atoms with E-state index < -0.39 is 0 Å². The van der Waals surface area contributed by atoms with Gasteiger partial charge in [0.2, 0.25) is 0 Å². The minimum Gasteiger partial charge on any atom is -0.384 e. The average Bonchev–Trinajstić information content (AvgIpc) is 2.82.